The third-order valence-electron chi connectivity index (χ3n) is 2.23. The summed E-state index contributed by atoms with van der Waals surface area (Å²) in [5.41, 5.74) is 5.44. The maximum absolute atomic E-state index is 5.74. The Morgan fingerprint density at radius 3 is 2.00 bits per heavy atom. The fraction of sp³-hybridized carbons (Fsp3) is 1.00. The quantitative estimate of drug-likeness (QED) is 0.478. The molecule has 0 fully saturated rings. The van der Waals surface area contributed by atoms with E-state index in [0.717, 1.165) is 32.2 Å². The maximum Gasteiger partial charge on any atom is 0.334 e. The Labute approximate surface area is 89.2 Å². The van der Waals surface area contributed by atoms with Crippen LogP contribution in [0.5, 0.6) is 0 Å². The molecule has 0 bridgehead atoms. The molecule has 0 saturated carbocycles. The average Bonchev–Trinajstić information content (AvgIpc) is 2.13. The van der Waals surface area contributed by atoms with Crippen molar-refractivity contribution in [3.63, 3.8) is 0 Å². The van der Waals surface area contributed by atoms with E-state index in [-0.39, 0.29) is 0 Å². The van der Waals surface area contributed by atoms with Crippen LogP contribution in [-0.2, 0) is 8.85 Å². The molecule has 0 rings (SSSR count). The van der Waals surface area contributed by atoms with E-state index >= 15 is 0 Å². The van der Waals surface area contributed by atoms with Crippen LogP contribution < -0.4 is 5.73 Å². The molecule has 0 aromatic rings. The summed E-state index contributed by atoms with van der Waals surface area (Å²) in [5.74, 6) is 0. The summed E-state index contributed by atoms with van der Waals surface area (Å²) in [6, 6.07) is 1.09. The molecule has 0 aromatic heterocycles. The molecule has 3 nitrogen and oxygen atoms in total. The van der Waals surface area contributed by atoms with Crippen molar-refractivity contribution in [2.24, 2.45) is 5.73 Å². The highest BCUT2D eigenvalue weighted by atomic mass is 28.4. The first-order valence-electron chi connectivity index (χ1n) is 5.66. The molecule has 4 heteroatoms. The normalized spacial score (nSPS) is 12.0. The second kappa shape index (κ2) is 8.41. The van der Waals surface area contributed by atoms with E-state index in [0.29, 0.717) is 0 Å². The van der Waals surface area contributed by atoms with Crippen molar-refractivity contribution >= 4 is 8.56 Å². The number of nitrogens with two attached hydrogens (primary N) is 1. The van der Waals surface area contributed by atoms with Gasteiger partial charge in [-0.1, -0.05) is 12.8 Å². The molecule has 0 atom stereocenters. The van der Waals surface area contributed by atoms with Crippen molar-refractivity contribution in [2.45, 2.75) is 45.7 Å². The van der Waals surface area contributed by atoms with Gasteiger partial charge in [0.05, 0.1) is 0 Å². The SMILES string of the molecule is CCO[Si](C)(CCCCCN)OCC. The van der Waals surface area contributed by atoms with Gasteiger partial charge in [0.15, 0.2) is 0 Å². The van der Waals surface area contributed by atoms with Crippen molar-refractivity contribution < 1.29 is 8.85 Å². The van der Waals surface area contributed by atoms with E-state index in [9.17, 15) is 0 Å². The van der Waals surface area contributed by atoms with Crippen LogP contribution >= 0.6 is 0 Å². The molecular weight excluding hydrogens is 194 g/mol. The number of hydrogen-bond donors (Lipinski definition) is 1. The monoisotopic (exact) mass is 219 g/mol. The molecule has 0 heterocycles. The molecule has 0 radical (unpaired) electrons. The molecular formula is C10H25NO2Si. The highest BCUT2D eigenvalue weighted by Gasteiger charge is 2.29. The van der Waals surface area contributed by atoms with E-state index in [1.165, 1.54) is 12.8 Å². The van der Waals surface area contributed by atoms with Crippen LogP contribution in [0.1, 0.15) is 33.1 Å². The van der Waals surface area contributed by atoms with Crippen molar-refractivity contribution in [2.75, 3.05) is 19.8 Å². The van der Waals surface area contributed by atoms with Crippen molar-refractivity contribution in [3.05, 3.63) is 0 Å². The molecule has 0 amide bonds. The molecule has 0 spiro atoms. The molecule has 0 aliphatic heterocycles. The first-order valence-corrected chi connectivity index (χ1v) is 8.19. The Hall–Kier alpha value is 0.0969. The lowest BCUT2D eigenvalue weighted by atomic mass is 10.2. The Morgan fingerprint density at radius 1 is 1.00 bits per heavy atom. The fourth-order valence-corrected chi connectivity index (χ4v) is 4.05. The third-order valence-corrected chi connectivity index (χ3v) is 5.29. The first kappa shape index (κ1) is 14.1. The number of hydrogen-bond acceptors (Lipinski definition) is 3. The Balaban J connectivity index is 3.71. The maximum atomic E-state index is 5.74. The van der Waals surface area contributed by atoms with Gasteiger partial charge in [-0.25, -0.2) is 0 Å². The predicted molar refractivity (Wildman–Crippen MR) is 62.6 cm³/mol. The minimum atomic E-state index is -1.84. The van der Waals surface area contributed by atoms with E-state index in [4.69, 9.17) is 14.6 Å². The largest absolute Gasteiger partial charge is 0.395 e. The van der Waals surface area contributed by atoms with Crippen LogP contribution in [-0.4, -0.2) is 28.3 Å². The van der Waals surface area contributed by atoms with Crippen LogP contribution in [0.15, 0.2) is 0 Å². The van der Waals surface area contributed by atoms with Crippen molar-refractivity contribution in [1.29, 1.82) is 0 Å². The van der Waals surface area contributed by atoms with Gasteiger partial charge in [0.25, 0.3) is 0 Å². The summed E-state index contributed by atoms with van der Waals surface area (Å²) in [4.78, 5) is 0. The van der Waals surface area contributed by atoms with Gasteiger partial charge in [-0.05, 0) is 39.4 Å². The fourth-order valence-electron chi connectivity index (χ4n) is 1.56. The molecule has 0 saturated heterocycles. The van der Waals surface area contributed by atoms with Crippen molar-refractivity contribution in [3.8, 4) is 0 Å². The van der Waals surface area contributed by atoms with E-state index < -0.39 is 8.56 Å². The lowest BCUT2D eigenvalue weighted by Gasteiger charge is -2.25. The Bertz CT molecular complexity index is 127. The summed E-state index contributed by atoms with van der Waals surface area (Å²) >= 11 is 0. The zero-order valence-electron chi connectivity index (χ0n) is 9.84. The average molecular weight is 219 g/mol. The van der Waals surface area contributed by atoms with Gasteiger partial charge in [0, 0.05) is 13.2 Å². The Kier molecular flexibility index (Phi) is 8.47. The molecule has 0 aliphatic carbocycles. The van der Waals surface area contributed by atoms with Crippen molar-refractivity contribution in [1.82, 2.24) is 0 Å². The van der Waals surface area contributed by atoms with Gasteiger partial charge in [-0.15, -0.1) is 0 Å². The van der Waals surface area contributed by atoms with E-state index in [1.54, 1.807) is 0 Å². The molecule has 86 valence electrons. The second-order valence-electron chi connectivity index (χ2n) is 3.60. The summed E-state index contributed by atoms with van der Waals surface area (Å²) < 4.78 is 11.5. The first-order chi connectivity index (χ1) is 6.68. The zero-order chi connectivity index (χ0) is 10.9. The molecule has 2 N–H and O–H groups in total. The summed E-state index contributed by atoms with van der Waals surface area (Å²) in [6.45, 7) is 8.54. The van der Waals surface area contributed by atoms with Gasteiger partial charge in [0.1, 0.15) is 0 Å². The molecule has 14 heavy (non-hydrogen) atoms. The molecule has 0 unspecified atom stereocenters. The van der Waals surface area contributed by atoms with E-state index in [2.05, 4.69) is 6.55 Å². The van der Waals surface area contributed by atoms with Gasteiger partial charge < -0.3 is 14.6 Å². The van der Waals surface area contributed by atoms with Crippen LogP contribution in [0.2, 0.25) is 12.6 Å². The van der Waals surface area contributed by atoms with Gasteiger partial charge in [-0.3, -0.25) is 0 Å². The van der Waals surface area contributed by atoms with Crippen LogP contribution in [0, 0.1) is 0 Å². The topological polar surface area (TPSA) is 44.5 Å². The molecule has 0 aliphatic rings. The van der Waals surface area contributed by atoms with Gasteiger partial charge >= 0.3 is 8.56 Å². The molecule has 0 aromatic carbocycles. The van der Waals surface area contributed by atoms with Gasteiger partial charge in [-0.2, -0.15) is 0 Å². The summed E-state index contributed by atoms with van der Waals surface area (Å²) in [6.07, 6.45) is 3.49. The number of rotatable bonds is 9. The second-order valence-corrected chi connectivity index (χ2v) is 6.94. The lowest BCUT2D eigenvalue weighted by Crippen LogP contribution is -2.38. The summed E-state index contributed by atoms with van der Waals surface area (Å²) in [5, 5.41) is 0. The number of unbranched alkanes of at least 4 members (excludes halogenated alkanes) is 2. The van der Waals surface area contributed by atoms with Crippen LogP contribution in [0.4, 0.5) is 0 Å². The zero-order valence-corrected chi connectivity index (χ0v) is 10.8. The van der Waals surface area contributed by atoms with Gasteiger partial charge in [0.2, 0.25) is 0 Å². The lowest BCUT2D eigenvalue weighted by molar-refractivity contribution is 0.188. The standard InChI is InChI=1S/C10H25NO2Si/c1-4-12-14(3,13-5-2)10-8-6-7-9-11/h4-11H2,1-3H3. The minimum absolute atomic E-state index is 0.764. The smallest absolute Gasteiger partial charge is 0.334 e. The van der Waals surface area contributed by atoms with Crippen LogP contribution in [0.25, 0.3) is 0 Å². The summed E-state index contributed by atoms with van der Waals surface area (Å²) in [7, 11) is -1.84. The van der Waals surface area contributed by atoms with E-state index in [1.807, 2.05) is 13.8 Å². The highest BCUT2D eigenvalue weighted by Crippen LogP contribution is 2.17. The highest BCUT2D eigenvalue weighted by molar-refractivity contribution is 6.66. The predicted octanol–water partition coefficient (Wildman–Crippen LogP) is 2.26. The van der Waals surface area contributed by atoms with Crippen LogP contribution in [0.3, 0.4) is 0 Å². The minimum Gasteiger partial charge on any atom is -0.395 e. The Morgan fingerprint density at radius 2 is 1.57 bits per heavy atom. The third kappa shape index (κ3) is 6.54.